The third-order valence-corrected chi connectivity index (χ3v) is 9.41. The van der Waals surface area contributed by atoms with E-state index in [9.17, 15) is 22.8 Å². The fraction of sp³-hybridized carbons (Fsp3) is 0.607. The maximum absolute atomic E-state index is 13.7. The molecule has 1 aromatic carbocycles. The lowest BCUT2D eigenvalue weighted by atomic mass is 9.84. The van der Waals surface area contributed by atoms with E-state index in [1.165, 1.54) is 24.4 Å². The van der Waals surface area contributed by atoms with Crippen LogP contribution in [0.5, 0.6) is 0 Å². The molecule has 0 radical (unpaired) electrons. The zero-order valence-electron chi connectivity index (χ0n) is 22.4. The Hall–Kier alpha value is -3.12. The first-order valence-electron chi connectivity index (χ1n) is 14.2. The van der Waals surface area contributed by atoms with Crippen LogP contribution in [0, 0.1) is 0 Å². The van der Waals surface area contributed by atoms with E-state index in [0.717, 1.165) is 81.5 Å². The van der Waals surface area contributed by atoms with Gasteiger partial charge in [0.2, 0.25) is 0 Å². The summed E-state index contributed by atoms with van der Waals surface area (Å²) < 4.78 is 42.3. The predicted octanol–water partition coefficient (Wildman–Crippen LogP) is 3.98. The molecule has 5 heterocycles. The Balaban J connectivity index is 1.19. The Morgan fingerprint density at radius 1 is 1.00 bits per heavy atom. The van der Waals surface area contributed by atoms with Crippen molar-refractivity contribution in [1.82, 2.24) is 24.5 Å². The van der Waals surface area contributed by atoms with Gasteiger partial charge >= 0.3 is 18.2 Å². The van der Waals surface area contributed by atoms with E-state index in [2.05, 4.69) is 19.8 Å². The van der Waals surface area contributed by atoms with Crippen LogP contribution >= 0.6 is 0 Å². The number of benzene rings is 1. The number of aromatic carboxylic acids is 1. The smallest absolute Gasteiger partial charge is 0.416 e. The van der Waals surface area contributed by atoms with Crippen molar-refractivity contribution >= 4 is 17.7 Å². The molecule has 12 heteroatoms. The van der Waals surface area contributed by atoms with Crippen LogP contribution in [0.4, 0.5) is 23.7 Å². The van der Waals surface area contributed by atoms with Gasteiger partial charge in [-0.25, -0.2) is 9.59 Å². The average Bonchev–Trinajstić information content (AvgIpc) is 3.69. The molecule has 1 aromatic heterocycles. The highest BCUT2D eigenvalue weighted by Gasteiger charge is 2.44. The first-order valence-corrected chi connectivity index (χ1v) is 14.2. The highest BCUT2D eigenvalue weighted by molar-refractivity contribution is 5.86. The summed E-state index contributed by atoms with van der Waals surface area (Å²) in [6, 6.07) is 5.59. The highest BCUT2D eigenvalue weighted by atomic mass is 19.4. The number of carboxylic acids is 1. The quantitative estimate of drug-likeness (QED) is 0.606. The lowest BCUT2D eigenvalue weighted by Crippen LogP contribution is -2.54. The second-order valence-electron chi connectivity index (χ2n) is 11.6. The third-order valence-electron chi connectivity index (χ3n) is 9.41. The lowest BCUT2D eigenvalue weighted by Gasteiger charge is -2.45. The van der Waals surface area contributed by atoms with E-state index in [4.69, 9.17) is 5.11 Å². The number of hydrogen-bond acceptors (Lipinski definition) is 6. The SMILES string of the molecule is O=C(O)c1ccn(C(=O)N2CCC3(CCCN3Cc3ccc(C(F)(F)F)cc3N3CCN4CCCC4C3)CC2)n1. The number of anilines is 1. The number of fused-ring (bicyclic) bond motifs is 1. The number of rotatable bonds is 4. The van der Waals surface area contributed by atoms with Crippen molar-refractivity contribution in [3.8, 4) is 0 Å². The molecule has 2 aromatic rings. The van der Waals surface area contributed by atoms with Gasteiger partial charge in [0.1, 0.15) is 0 Å². The molecule has 4 aliphatic rings. The van der Waals surface area contributed by atoms with Gasteiger partial charge in [0, 0.05) is 62.7 Å². The first kappa shape index (κ1) is 27.1. The monoisotopic (exact) mass is 560 g/mol. The van der Waals surface area contributed by atoms with Gasteiger partial charge in [0.05, 0.1) is 5.56 Å². The molecule has 216 valence electrons. The number of piperazine rings is 1. The maximum atomic E-state index is 13.7. The number of carbonyl (C=O) groups excluding carboxylic acids is 1. The van der Waals surface area contributed by atoms with Gasteiger partial charge < -0.3 is 14.9 Å². The molecule has 1 N–H and O–H groups in total. The minimum Gasteiger partial charge on any atom is -0.476 e. The van der Waals surface area contributed by atoms with Crippen LogP contribution in [0.1, 0.15) is 60.1 Å². The van der Waals surface area contributed by atoms with Crippen molar-refractivity contribution < 1.29 is 27.9 Å². The number of nitrogens with zero attached hydrogens (tertiary/aromatic N) is 6. The van der Waals surface area contributed by atoms with Gasteiger partial charge in [-0.1, -0.05) is 6.07 Å². The van der Waals surface area contributed by atoms with E-state index < -0.39 is 17.7 Å². The van der Waals surface area contributed by atoms with Gasteiger partial charge in [0.25, 0.3) is 0 Å². The Morgan fingerprint density at radius 2 is 1.80 bits per heavy atom. The maximum Gasteiger partial charge on any atom is 0.416 e. The van der Waals surface area contributed by atoms with Crippen LogP contribution in [0.15, 0.2) is 30.5 Å². The summed E-state index contributed by atoms with van der Waals surface area (Å²) in [5, 5.41) is 13.0. The average molecular weight is 561 g/mol. The molecule has 4 fully saturated rings. The summed E-state index contributed by atoms with van der Waals surface area (Å²) in [5.41, 5.74) is 0.733. The molecular formula is C28H35F3N6O3. The van der Waals surface area contributed by atoms with E-state index >= 15 is 0 Å². The van der Waals surface area contributed by atoms with E-state index in [-0.39, 0.29) is 17.3 Å². The molecule has 1 spiro atoms. The number of carboxylic acid groups (broad SMARTS) is 1. The molecule has 1 amide bonds. The summed E-state index contributed by atoms with van der Waals surface area (Å²) in [5.74, 6) is -1.18. The van der Waals surface area contributed by atoms with Crippen molar-refractivity contribution in [1.29, 1.82) is 0 Å². The molecule has 1 unspecified atom stereocenters. The van der Waals surface area contributed by atoms with Crippen molar-refractivity contribution in [3.63, 3.8) is 0 Å². The Bertz CT molecular complexity index is 1270. The second kappa shape index (κ2) is 10.4. The topological polar surface area (TPSA) is 85.1 Å². The van der Waals surface area contributed by atoms with Crippen LogP contribution < -0.4 is 4.90 Å². The zero-order valence-corrected chi connectivity index (χ0v) is 22.4. The number of carbonyl (C=O) groups is 2. The number of likely N-dealkylation sites (tertiary alicyclic amines) is 2. The molecule has 6 rings (SSSR count). The molecule has 0 bridgehead atoms. The fourth-order valence-electron chi connectivity index (χ4n) is 7.19. The number of aromatic nitrogens is 2. The molecule has 0 saturated carbocycles. The van der Waals surface area contributed by atoms with Crippen molar-refractivity contribution in [2.45, 2.75) is 62.8 Å². The van der Waals surface area contributed by atoms with Gasteiger partial charge in [0.15, 0.2) is 5.69 Å². The van der Waals surface area contributed by atoms with Gasteiger partial charge in [-0.3, -0.25) is 9.80 Å². The summed E-state index contributed by atoms with van der Waals surface area (Å²) in [6.45, 7) is 5.91. The molecule has 4 aliphatic heterocycles. The summed E-state index contributed by atoms with van der Waals surface area (Å²) in [6.07, 6.45) is 2.70. The Kier molecular flexibility index (Phi) is 7.02. The third kappa shape index (κ3) is 5.07. The van der Waals surface area contributed by atoms with Gasteiger partial charge in [-0.2, -0.15) is 23.0 Å². The van der Waals surface area contributed by atoms with Crippen LogP contribution in [0.25, 0.3) is 0 Å². The molecule has 4 saturated heterocycles. The van der Waals surface area contributed by atoms with E-state index in [0.29, 0.717) is 31.4 Å². The summed E-state index contributed by atoms with van der Waals surface area (Å²) in [4.78, 5) is 32.8. The largest absolute Gasteiger partial charge is 0.476 e. The number of halogens is 3. The molecular weight excluding hydrogens is 525 g/mol. The molecule has 0 aliphatic carbocycles. The van der Waals surface area contributed by atoms with Crippen LogP contribution in [0.3, 0.4) is 0 Å². The van der Waals surface area contributed by atoms with E-state index in [1.54, 1.807) is 11.0 Å². The molecule has 9 nitrogen and oxygen atoms in total. The predicted molar refractivity (Wildman–Crippen MR) is 141 cm³/mol. The van der Waals surface area contributed by atoms with Gasteiger partial charge in [-0.15, -0.1) is 0 Å². The summed E-state index contributed by atoms with van der Waals surface area (Å²) in [7, 11) is 0. The van der Waals surface area contributed by atoms with Crippen LogP contribution in [-0.2, 0) is 12.7 Å². The molecule has 40 heavy (non-hydrogen) atoms. The zero-order chi connectivity index (χ0) is 28.1. The van der Waals surface area contributed by atoms with Crippen molar-refractivity contribution in [2.24, 2.45) is 0 Å². The first-order chi connectivity index (χ1) is 19.1. The second-order valence-corrected chi connectivity index (χ2v) is 11.6. The van der Waals surface area contributed by atoms with Crippen molar-refractivity contribution in [3.05, 3.63) is 47.3 Å². The van der Waals surface area contributed by atoms with Crippen LogP contribution in [0.2, 0.25) is 0 Å². The number of hydrogen-bond donors (Lipinski definition) is 1. The summed E-state index contributed by atoms with van der Waals surface area (Å²) >= 11 is 0. The number of amides is 1. The van der Waals surface area contributed by atoms with Gasteiger partial charge in [-0.05, 0) is 75.4 Å². The number of piperidine rings is 1. The Labute approximate surface area is 231 Å². The minimum absolute atomic E-state index is 0.114. The van der Waals surface area contributed by atoms with Crippen LogP contribution in [-0.4, -0.2) is 99.0 Å². The minimum atomic E-state index is -4.39. The number of alkyl halides is 3. The van der Waals surface area contributed by atoms with E-state index in [1.807, 2.05) is 0 Å². The Morgan fingerprint density at radius 3 is 2.52 bits per heavy atom. The lowest BCUT2D eigenvalue weighted by molar-refractivity contribution is -0.137. The fourth-order valence-corrected chi connectivity index (χ4v) is 7.19. The molecule has 1 atom stereocenters. The highest BCUT2D eigenvalue weighted by Crippen LogP contribution is 2.42. The normalized spacial score (nSPS) is 23.6. The standard InChI is InChI=1S/C28H35F3N6O3/c29-28(30,31)21-5-4-20(24(17-21)35-16-15-33-10-1-3-22(33)19-35)18-36-11-2-7-27(36)8-13-34(14-9-27)26(40)37-12-6-23(32-37)25(38)39/h4-6,12,17,22H,1-3,7-11,13-16,18-19H2,(H,38,39). The van der Waals surface area contributed by atoms with Crippen molar-refractivity contribution in [2.75, 3.05) is 50.7 Å².